The molecule has 1 aromatic rings. The van der Waals surface area contributed by atoms with Crippen molar-refractivity contribution in [3.05, 3.63) is 34.6 Å². The Balaban J connectivity index is 2.36. The Hall–Kier alpha value is -0.680. The summed E-state index contributed by atoms with van der Waals surface area (Å²) in [5, 5.41) is 0.140. The first-order valence-corrected chi connectivity index (χ1v) is 4.76. The minimum Gasteiger partial charge on any atom is -0.314 e. The first-order chi connectivity index (χ1) is 6.70. The fraction of sp³-hybridized carbons (Fsp3) is 0.333. The second kappa shape index (κ2) is 3.82. The molecule has 76 valence electrons. The number of halogens is 2. The van der Waals surface area contributed by atoms with Crippen LogP contribution in [0.1, 0.15) is 11.5 Å². The molecule has 0 aromatic heterocycles. The topological polar surface area (TPSA) is 50.1 Å². The number of rotatable bonds is 1. The minimum absolute atomic E-state index is 0.0753. The maximum atomic E-state index is 13.6. The minimum atomic E-state index is -0.375. The van der Waals surface area contributed by atoms with Crippen LogP contribution in [-0.4, -0.2) is 12.7 Å². The molecule has 1 aliphatic rings. The van der Waals surface area contributed by atoms with Crippen LogP contribution in [0.5, 0.6) is 0 Å². The SMILES string of the molecule is NC1NNCC1c1cccc(Cl)c1F. The molecule has 0 spiro atoms. The first-order valence-electron chi connectivity index (χ1n) is 4.38. The second-order valence-electron chi connectivity index (χ2n) is 3.30. The van der Waals surface area contributed by atoms with E-state index in [0.717, 1.165) is 0 Å². The number of benzene rings is 1. The quantitative estimate of drug-likeness (QED) is 0.654. The van der Waals surface area contributed by atoms with Crippen molar-refractivity contribution in [1.82, 2.24) is 10.9 Å². The molecule has 3 nitrogen and oxygen atoms in total. The number of nitrogens with one attached hydrogen (secondary N) is 2. The van der Waals surface area contributed by atoms with Gasteiger partial charge in [0, 0.05) is 12.5 Å². The summed E-state index contributed by atoms with van der Waals surface area (Å²) in [6.07, 6.45) is -0.275. The Labute approximate surface area is 86.4 Å². The van der Waals surface area contributed by atoms with Crippen molar-refractivity contribution in [2.75, 3.05) is 6.54 Å². The van der Waals surface area contributed by atoms with Gasteiger partial charge >= 0.3 is 0 Å². The van der Waals surface area contributed by atoms with Crippen molar-refractivity contribution in [2.24, 2.45) is 5.73 Å². The monoisotopic (exact) mass is 215 g/mol. The Kier molecular flexibility index (Phi) is 2.69. The molecule has 14 heavy (non-hydrogen) atoms. The van der Waals surface area contributed by atoms with Crippen LogP contribution in [0.3, 0.4) is 0 Å². The van der Waals surface area contributed by atoms with Gasteiger partial charge in [-0.2, -0.15) is 0 Å². The third kappa shape index (κ3) is 1.62. The summed E-state index contributed by atoms with van der Waals surface area (Å²) in [5.41, 5.74) is 12.0. The molecule has 5 heteroatoms. The molecule has 0 saturated carbocycles. The predicted octanol–water partition coefficient (Wildman–Crippen LogP) is 0.955. The van der Waals surface area contributed by atoms with E-state index < -0.39 is 0 Å². The van der Waals surface area contributed by atoms with Crippen molar-refractivity contribution in [2.45, 2.75) is 12.1 Å². The zero-order chi connectivity index (χ0) is 10.1. The van der Waals surface area contributed by atoms with Crippen LogP contribution in [0.25, 0.3) is 0 Å². The number of nitrogens with two attached hydrogens (primary N) is 1. The third-order valence-corrected chi connectivity index (χ3v) is 2.70. The second-order valence-corrected chi connectivity index (χ2v) is 3.71. The fourth-order valence-corrected chi connectivity index (χ4v) is 1.81. The Morgan fingerprint density at radius 1 is 1.50 bits per heavy atom. The van der Waals surface area contributed by atoms with E-state index in [2.05, 4.69) is 10.9 Å². The van der Waals surface area contributed by atoms with Crippen LogP contribution in [0, 0.1) is 5.82 Å². The van der Waals surface area contributed by atoms with E-state index in [1.54, 1.807) is 12.1 Å². The Bertz CT molecular complexity index is 345. The average molecular weight is 216 g/mol. The zero-order valence-electron chi connectivity index (χ0n) is 7.43. The van der Waals surface area contributed by atoms with Crippen molar-refractivity contribution >= 4 is 11.6 Å². The highest BCUT2D eigenvalue weighted by Crippen LogP contribution is 2.26. The smallest absolute Gasteiger partial charge is 0.145 e. The standard InChI is InChI=1S/C9H11ClFN3/c10-7-3-1-2-5(8(7)11)6-4-13-14-9(6)12/h1-3,6,9,13-14H,4,12H2. The molecule has 0 bridgehead atoms. The maximum Gasteiger partial charge on any atom is 0.145 e. The van der Waals surface area contributed by atoms with Gasteiger partial charge in [0.25, 0.3) is 0 Å². The Morgan fingerprint density at radius 2 is 2.29 bits per heavy atom. The van der Waals surface area contributed by atoms with Crippen LogP contribution >= 0.6 is 11.6 Å². The van der Waals surface area contributed by atoms with Crippen molar-refractivity contribution in [3.63, 3.8) is 0 Å². The van der Waals surface area contributed by atoms with Gasteiger partial charge in [-0.1, -0.05) is 23.7 Å². The summed E-state index contributed by atoms with van der Waals surface area (Å²) >= 11 is 5.68. The molecule has 0 amide bonds. The largest absolute Gasteiger partial charge is 0.314 e. The molecule has 4 N–H and O–H groups in total. The lowest BCUT2D eigenvalue weighted by molar-refractivity contribution is 0.525. The summed E-state index contributed by atoms with van der Waals surface area (Å²) in [7, 11) is 0. The van der Waals surface area contributed by atoms with Crippen molar-refractivity contribution in [1.29, 1.82) is 0 Å². The molecule has 1 fully saturated rings. The molecule has 0 radical (unpaired) electrons. The molecule has 0 aliphatic carbocycles. The molecule has 2 atom stereocenters. The molecular formula is C9H11ClFN3. The highest BCUT2D eigenvalue weighted by atomic mass is 35.5. The van der Waals surface area contributed by atoms with Gasteiger partial charge in [0.05, 0.1) is 11.2 Å². The number of hydrogen-bond donors (Lipinski definition) is 3. The maximum absolute atomic E-state index is 13.6. The summed E-state index contributed by atoms with van der Waals surface area (Å²) in [4.78, 5) is 0. The third-order valence-electron chi connectivity index (χ3n) is 2.41. The van der Waals surface area contributed by atoms with E-state index in [9.17, 15) is 4.39 Å². The van der Waals surface area contributed by atoms with Gasteiger partial charge in [-0.05, 0) is 11.6 Å². The number of hydrogen-bond acceptors (Lipinski definition) is 3. The molecular weight excluding hydrogens is 205 g/mol. The summed E-state index contributed by atoms with van der Waals surface area (Å²) < 4.78 is 13.6. The van der Waals surface area contributed by atoms with Gasteiger partial charge in [0.15, 0.2) is 0 Å². The van der Waals surface area contributed by atoms with Crippen LogP contribution < -0.4 is 16.6 Å². The van der Waals surface area contributed by atoms with E-state index in [1.807, 2.05) is 0 Å². The fourth-order valence-electron chi connectivity index (χ4n) is 1.62. The van der Waals surface area contributed by atoms with Gasteiger partial charge in [0.1, 0.15) is 5.82 Å². The van der Waals surface area contributed by atoms with E-state index in [0.29, 0.717) is 12.1 Å². The van der Waals surface area contributed by atoms with Crippen LogP contribution in [-0.2, 0) is 0 Å². The lowest BCUT2D eigenvalue weighted by Crippen LogP contribution is -2.38. The van der Waals surface area contributed by atoms with Gasteiger partial charge in [-0.25, -0.2) is 9.82 Å². The van der Waals surface area contributed by atoms with Crippen molar-refractivity contribution < 1.29 is 4.39 Å². The highest BCUT2D eigenvalue weighted by Gasteiger charge is 2.27. The summed E-state index contributed by atoms with van der Waals surface area (Å²) in [5.74, 6) is -0.450. The molecule has 1 aromatic carbocycles. The summed E-state index contributed by atoms with van der Waals surface area (Å²) in [6.45, 7) is 0.610. The molecule has 2 rings (SSSR count). The van der Waals surface area contributed by atoms with Gasteiger partial charge in [-0.15, -0.1) is 0 Å². The molecule has 2 unspecified atom stereocenters. The number of hydrazine groups is 1. The summed E-state index contributed by atoms with van der Waals surface area (Å²) in [6, 6.07) is 4.97. The van der Waals surface area contributed by atoms with Gasteiger partial charge < -0.3 is 5.73 Å². The predicted molar refractivity (Wildman–Crippen MR) is 53.3 cm³/mol. The van der Waals surface area contributed by atoms with Crippen LogP contribution in [0.2, 0.25) is 5.02 Å². The normalized spacial score (nSPS) is 26.8. The van der Waals surface area contributed by atoms with E-state index in [1.165, 1.54) is 6.07 Å². The zero-order valence-corrected chi connectivity index (χ0v) is 8.18. The van der Waals surface area contributed by atoms with Gasteiger partial charge in [0.2, 0.25) is 0 Å². The van der Waals surface area contributed by atoms with E-state index >= 15 is 0 Å². The van der Waals surface area contributed by atoms with E-state index in [-0.39, 0.29) is 22.9 Å². The Morgan fingerprint density at radius 3 is 2.93 bits per heavy atom. The molecule has 1 heterocycles. The van der Waals surface area contributed by atoms with Crippen LogP contribution in [0.15, 0.2) is 18.2 Å². The first kappa shape index (κ1) is 9.86. The van der Waals surface area contributed by atoms with Crippen molar-refractivity contribution in [3.8, 4) is 0 Å². The van der Waals surface area contributed by atoms with Crippen LogP contribution in [0.4, 0.5) is 4.39 Å². The lowest BCUT2D eigenvalue weighted by Gasteiger charge is -2.15. The lowest BCUT2D eigenvalue weighted by atomic mass is 9.97. The molecule has 1 saturated heterocycles. The molecule has 1 aliphatic heterocycles. The van der Waals surface area contributed by atoms with E-state index in [4.69, 9.17) is 17.3 Å². The van der Waals surface area contributed by atoms with Gasteiger partial charge in [-0.3, -0.25) is 5.43 Å². The average Bonchev–Trinajstić information content (AvgIpc) is 2.57. The highest BCUT2D eigenvalue weighted by molar-refractivity contribution is 6.30.